The third kappa shape index (κ3) is 5.07. The molecule has 0 aliphatic heterocycles. The standard InChI is InChI=1S/C18H18N2O5/c1-24-16-8-6-14(11-17(16)25-2)12-19-18(21)9-7-13-4-3-5-15(10-13)20(22)23/h3-11H,12H2,1-2H3,(H,19,21)/b9-7+. The van der Waals surface area contributed by atoms with Gasteiger partial charge in [-0.25, -0.2) is 0 Å². The normalized spacial score (nSPS) is 10.5. The number of amides is 1. The summed E-state index contributed by atoms with van der Waals surface area (Å²) in [5, 5.41) is 13.5. The van der Waals surface area contributed by atoms with Gasteiger partial charge in [-0.2, -0.15) is 0 Å². The number of methoxy groups -OCH3 is 2. The zero-order valence-electron chi connectivity index (χ0n) is 13.9. The first-order valence-corrected chi connectivity index (χ1v) is 7.44. The van der Waals surface area contributed by atoms with Gasteiger partial charge >= 0.3 is 0 Å². The maximum atomic E-state index is 11.9. The number of hydrogen-bond donors (Lipinski definition) is 1. The van der Waals surface area contributed by atoms with Gasteiger partial charge in [-0.15, -0.1) is 0 Å². The van der Waals surface area contributed by atoms with Crippen molar-refractivity contribution in [2.75, 3.05) is 14.2 Å². The van der Waals surface area contributed by atoms with Gasteiger partial charge in [0.25, 0.3) is 5.69 Å². The predicted molar refractivity (Wildman–Crippen MR) is 93.5 cm³/mol. The zero-order chi connectivity index (χ0) is 18.2. The molecule has 0 aliphatic carbocycles. The number of nitrogens with one attached hydrogen (secondary N) is 1. The summed E-state index contributed by atoms with van der Waals surface area (Å²) in [4.78, 5) is 22.2. The summed E-state index contributed by atoms with van der Waals surface area (Å²) in [5.41, 5.74) is 1.41. The Kier molecular flexibility index (Phi) is 6.11. The van der Waals surface area contributed by atoms with Crippen LogP contribution in [0.5, 0.6) is 11.5 Å². The Morgan fingerprint density at radius 3 is 2.60 bits per heavy atom. The summed E-state index contributed by atoms with van der Waals surface area (Å²) in [6, 6.07) is 11.4. The van der Waals surface area contributed by atoms with E-state index in [-0.39, 0.29) is 11.6 Å². The molecule has 2 rings (SSSR count). The number of rotatable bonds is 7. The first kappa shape index (κ1) is 18.0. The summed E-state index contributed by atoms with van der Waals surface area (Å²) < 4.78 is 10.4. The summed E-state index contributed by atoms with van der Waals surface area (Å²) >= 11 is 0. The molecule has 0 spiro atoms. The number of hydrogen-bond acceptors (Lipinski definition) is 5. The van der Waals surface area contributed by atoms with Gasteiger partial charge in [-0.1, -0.05) is 18.2 Å². The number of ether oxygens (including phenoxy) is 2. The highest BCUT2D eigenvalue weighted by Crippen LogP contribution is 2.27. The van der Waals surface area contributed by atoms with E-state index in [0.717, 1.165) is 5.56 Å². The Hall–Kier alpha value is -3.35. The Bertz CT molecular complexity index is 802. The van der Waals surface area contributed by atoms with Crippen LogP contribution in [0.2, 0.25) is 0 Å². The summed E-state index contributed by atoms with van der Waals surface area (Å²) in [5.74, 6) is 0.894. The van der Waals surface area contributed by atoms with E-state index < -0.39 is 4.92 Å². The SMILES string of the molecule is COc1ccc(CNC(=O)/C=C/c2cccc([N+](=O)[O-])c2)cc1OC. The van der Waals surface area contributed by atoms with Crippen LogP contribution in [0.15, 0.2) is 48.5 Å². The van der Waals surface area contributed by atoms with Crippen molar-refractivity contribution in [1.29, 1.82) is 0 Å². The van der Waals surface area contributed by atoms with Crippen LogP contribution in [0, 0.1) is 10.1 Å². The van der Waals surface area contributed by atoms with E-state index in [1.54, 1.807) is 38.5 Å². The van der Waals surface area contributed by atoms with Gasteiger partial charge in [0.1, 0.15) is 0 Å². The van der Waals surface area contributed by atoms with E-state index in [1.165, 1.54) is 24.3 Å². The van der Waals surface area contributed by atoms with Crippen LogP contribution in [0.1, 0.15) is 11.1 Å². The second-order valence-corrected chi connectivity index (χ2v) is 5.09. The molecule has 0 unspecified atom stereocenters. The number of carbonyl (C=O) groups is 1. The number of nitro groups is 1. The maximum Gasteiger partial charge on any atom is 0.270 e. The average molecular weight is 342 g/mol. The van der Waals surface area contributed by atoms with Crippen LogP contribution < -0.4 is 14.8 Å². The van der Waals surface area contributed by atoms with E-state index in [9.17, 15) is 14.9 Å². The smallest absolute Gasteiger partial charge is 0.270 e. The molecular weight excluding hydrogens is 324 g/mol. The van der Waals surface area contributed by atoms with E-state index in [2.05, 4.69) is 5.32 Å². The van der Waals surface area contributed by atoms with Crippen molar-refractivity contribution in [3.05, 3.63) is 69.8 Å². The number of non-ortho nitro benzene ring substituents is 1. The Morgan fingerprint density at radius 2 is 1.92 bits per heavy atom. The molecule has 7 heteroatoms. The predicted octanol–water partition coefficient (Wildman–Crippen LogP) is 2.94. The fourth-order valence-corrected chi connectivity index (χ4v) is 2.15. The molecule has 0 bridgehead atoms. The molecule has 0 heterocycles. The minimum absolute atomic E-state index is 0.0205. The Morgan fingerprint density at radius 1 is 1.16 bits per heavy atom. The molecule has 0 saturated heterocycles. The first-order chi connectivity index (χ1) is 12.0. The molecular formula is C18H18N2O5. The van der Waals surface area contributed by atoms with Crippen molar-refractivity contribution in [3.8, 4) is 11.5 Å². The molecule has 7 nitrogen and oxygen atoms in total. The quantitative estimate of drug-likeness (QED) is 0.474. The van der Waals surface area contributed by atoms with Gasteiger partial charge in [-0.05, 0) is 29.3 Å². The highest BCUT2D eigenvalue weighted by molar-refractivity contribution is 5.91. The summed E-state index contributed by atoms with van der Waals surface area (Å²) in [6.45, 7) is 0.318. The van der Waals surface area contributed by atoms with E-state index >= 15 is 0 Å². The Labute approximate surface area is 145 Å². The molecule has 1 N–H and O–H groups in total. The topological polar surface area (TPSA) is 90.7 Å². The molecule has 25 heavy (non-hydrogen) atoms. The zero-order valence-corrected chi connectivity index (χ0v) is 13.9. The van der Waals surface area contributed by atoms with E-state index in [0.29, 0.717) is 23.6 Å². The number of carbonyl (C=O) groups excluding carboxylic acids is 1. The third-order valence-electron chi connectivity index (χ3n) is 3.42. The van der Waals surface area contributed by atoms with Gasteiger partial charge in [0.15, 0.2) is 11.5 Å². The van der Waals surface area contributed by atoms with Crippen LogP contribution in [0.25, 0.3) is 6.08 Å². The summed E-state index contributed by atoms with van der Waals surface area (Å²) in [6.07, 6.45) is 2.86. The highest BCUT2D eigenvalue weighted by atomic mass is 16.6. The lowest BCUT2D eigenvalue weighted by Gasteiger charge is -2.09. The first-order valence-electron chi connectivity index (χ1n) is 7.44. The summed E-state index contributed by atoms with van der Waals surface area (Å²) in [7, 11) is 3.10. The number of benzene rings is 2. The fourth-order valence-electron chi connectivity index (χ4n) is 2.15. The molecule has 0 atom stereocenters. The maximum absolute atomic E-state index is 11.9. The molecule has 0 radical (unpaired) electrons. The second-order valence-electron chi connectivity index (χ2n) is 5.09. The lowest BCUT2D eigenvalue weighted by molar-refractivity contribution is -0.384. The lowest BCUT2D eigenvalue weighted by atomic mass is 10.2. The van der Waals surface area contributed by atoms with Crippen molar-refractivity contribution in [2.24, 2.45) is 0 Å². The number of nitrogens with zero attached hydrogens (tertiary/aromatic N) is 1. The Balaban J connectivity index is 1.96. The van der Waals surface area contributed by atoms with Crippen molar-refractivity contribution in [3.63, 3.8) is 0 Å². The molecule has 1 amide bonds. The third-order valence-corrected chi connectivity index (χ3v) is 3.42. The second kappa shape index (κ2) is 8.49. The van der Waals surface area contributed by atoms with E-state index in [4.69, 9.17) is 9.47 Å². The molecule has 2 aromatic carbocycles. The molecule has 0 fully saturated rings. The van der Waals surface area contributed by atoms with Gasteiger partial charge in [0.2, 0.25) is 5.91 Å². The monoisotopic (exact) mass is 342 g/mol. The number of nitro benzene ring substituents is 1. The molecule has 0 aromatic heterocycles. The van der Waals surface area contributed by atoms with Crippen molar-refractivity contribution in [1.82, 2.24) is 5.32 Å². The van der Waals surface area contributed by atoms with Crippen LogP contribution in [-0.4, -0.2) is 25.1 Å². The van der Waals surface area contributed by atoms with E-state index in [1.807, 2.05) is 6.07 Å². The van der Waals surface area contributed by atoms with Gasteiger partial charge in [0, 0.05) is 24.8 Å². The van der Waals surface area contributed by atoms with Gasteiger partial charge in [0.05, 0.1) is 19.1 Å². The van der Waals surface area contributed by atoms with Gasteiger partial charge in [-0.3, -0.25) is 14.9 Å². The average Bonchev–Trinajstić information content (AvgIpc) is 2.64. The minimum atomic E-state index is -0.478. The van der Waals surface area contributed by atoms with Crippen molar-refractivity contribution < 1.29 is 19.2 Å². The van der Waals surface area contributed by atoms with Crippen molar-refractivity contribution in [2.45, 2.75) is 6.54 Å². The van der Waals surface area contributed by atoms with Crippen molar-refractivity contribution >= 4 is 17.7 Å². The lowest BCUT2D eigenvalue weighted by Crippen LogP contribution is -2.20. The molecule has 2 aromatic rings. The molecule has 0 saturated carbocycles. The largest absolute Gasteiger partial charge is 0.493 e. The van der Waals surface area contributed by atoms with Gasteiger partial charge < -0.3 is 14.8 Å². The van der Waals surface area contributed by atoms with Crippen LogP contribution >= 0.6 is 0 Å². The van der Waals surface area contributed by atoms with Crippen LogP contribution in [0.4, 0.5) is 5.69 Å². The minimum Gasteiger partial charge on any atom is -0.493 e. The van der Waals surface area contributed by atoms with Crippen LogP contribution in [-0.2, 0) is 11.3 Å². The van der Waals surface area contributed by atoms with Crippen LogP contribution in [0.3, 0.4) is 0 Å². The fraction of sp³-hybridized carbons (Fsp3) is 0.167. The molecule has 130 valence electrons. The molecule has 0 aliphatic rings. The highest BCUT2D eigenvalue weighted by Gasteiger charge is 2.06.